The van der Waals surface area contributed by atoms with Crippen molar-refractivity contribution in [3.63, 3.8) is 0 Å². The summed E-state index contributed by atoms with van der Waals surface area (Å²) in [4.78, 5) is 29.6. The third-order valence-electron chi connectivity index (χ3n) is 3.93. The molecule has 0 aliphatic carbocycles. The molecule has 4 nitrogen and oxygen atoms in total. The van der Waals surface area contributed by atoms with E-state index >= 15 is 0 Å². The van der Waals surface area contributed by atoms with E-state index in [2.05, 4.69) is 0 Å². The Morgan fingerprint density at radius 2 is 1.59 bits per heavy atom. The summed E-state index contributed by atoms with van der Waals surface area (Å²) in [5.41, 5.74) is 0.724. The number of nitrogens with zero attached hydrogens (tertiary/aromatic N) is 2. The van der Waals surface area contributed by atoms with Gasteiger partial charge in [0, 0.05) is 42.6 Å². The van der Waals surface area contributed by atoms with Crippen molar-refractivity contribution in [2.24, 2.45) is 5.92 Å². The van der Waals surface area contributed by atoms with Crippen molar-refractivity contribution in [2.45, 2.75) is 25.2 Å². The van der Waals surface area contributed by atoms with Gasteiger partial charge < -0.3 is 9.80 Å². The first-order valence-electron chi connectivity index (χ1n) is 7.75. The first-order chi connectivity index (χ1) is 10.5. The van der Waals surface area contributed by atoms with Gasteiger partial charge in [-0.2, -0.15) is 0 Å². The molecule has 1 aromatic rings. The van der Waals surface area contributed by atoms with Gasteiger partial charge >= 0.3 is 0 Å². The van der Waals surface area contributed by atoms with Crippen LogP contribution in [0.5, 0.6) is 0 Å². The summed E-state index contributed by atoms with van der Waals surface area (Å²) in [5, 5.41) is 0. The zero-order valence-corrected chi connectivity index (χ0v) is 14.4. The Bertz CT molecular complexity index is 528. The van der Waals surface area contributed by atoms with Gasteiger partial charge in [-0.1, -0.05) is 13.8 Å². The van der Waals surface area contributed by atoms with Crippen molar-refractivity contribution in [3.8, 4) is 0 Å². The fraction of sp³-hybridized carbons (Fsp3) is 0.529. The normalized spacial score (nSPS) is 15.8. The Morgan fingerprint density at radius 1 is 1.00 bits per heavy atom. The Balaban J connectivity index is 2.00. The van der Waals surface area contributed by atoms with Crippen LogP contribution in [-0.4, -0.2) is 54.0 Å². The summed E-state index contributed by atoms with van der Waals surface area (Å²) >= 11 is 1.67. The van der Waals surface area contributed by atoms with Crippen LogP contribution in [0.15, 0.2) is 29.2 Å². The molecule has 120 valence electrons. The summed E-state index contributed by atoms with van der Waals surface area (Å²) in [6, 6.07) is 7.72. The lowest BCUT2D eigenvalue weighted by Crippen LogP contribution is -2.38. The molecule has 0 saturated carbocycles. The SMILES string of the molecule is CSc1ccc(C(=O)N2CCCN(C(=O)C(C)C)CC2)cc1. The molecule has 1 saturated heterocycles. The molecule has 0 unspecified atom stereocenters. The van der Waals surface area contributed by atoms with Crippen LogP contribution in [0.4, 0.5) is 0 Å². The second-order valence-corrected chi connectivity index (χ2v) is 6.73. The number of hydrogen-bond acceptors (Lipinski definition) is 3. The molecule has 1 fully saturated rings. The molecule has 0 N–H and O–H groups in total. The third kappa shape index (κ3) is 4.03. The summed E-state index contributed by atoms with van der Waals surface area (Å²) in [5.74, 6) is 0.256. The van der Waals surface area contributed by atoms with E-state index in [0.717, 1.165) is 23.4 Å². The monoisotopic (exact) mass is 320 g/mol. The number of hydrogen-bond donors (Lipinski definition) is 0. The molecule has 5 heteroatoms. The molecular weight excluding hydrogens is 296 g/mol. The largest absolute Gasteiger partial charge is 0.341 e. The van der Waals surface area contributed by atoms with Gasteiger partial charge in [-0.15, -0.1) is 11.8 Å². The van der Waals surface area contributed by atoms with Gasteiger partial charge in [0.25, 0.3) is 5.91 Å². The van der Waals surface area contributed by atoms with E-state index in [1.165, 1.54) is 0 Å². The molecule has 1 heterocycles. The topological polar surface area (TPSA) is 40.6 Å². The number of amides is 2. The van der Waals surface area contributed by atoms with Crippen molar-refractivity contribution in [3.05, 3.63) is 29.8 Å². The zero-order chi connectivity index (χ0) is 16.1. The minimum absolute atomic E-state index is 0.0151. The molecule has 1 aromatic carbocycles. The molecule has 22 heavy (non-hydrogen) atoms. The second-order valence-electron chi connectivity index (χ2n) is 5.85. The molecule has 2 amide bonds. The number of rotatable bonds is 3. The van der Waals surface area contributed by atoms with Gasteiger partial charge in [-0.3, -0.25) is 9.59 Å². The van der Waals surface area contributed by atoms with E-state index in [1.807, 2.05) is 54.2 Å². The smallest absolute Gasteiger partial charge is 0.253 e. The number of thioether (sulfide) groups is 1. The molecule has 0 radical (unpaired) electrons. The van der Waals surface area contributed by atoms with Gasteiger partial charge in [-0.05, 0) is 36.9 Å². The van der Waals surface area contributed by atoms with Crippen LogP contribution >= 0.6 is 11.8 Å². The van der Waals surface area contributed by atoms with E-state index < -0.39 is 0 Å². The van der Waals surface area contributed by atoms with Crippen molar-refractivity contribution in [1.29, 1.82) is 0 Å². The molecule has 0 spiro atoms. The average Bonchev–Trinajstić information content (AvgIpc) is 2.79. The lowest BCUT2D eigenvalue weighted by atomic mass is 10.2. The number of carbonyl (C=O) groups excluding carboxylic acids is 2. The molecule has 0 bridgehead atoms. The van der Waals surface area contributed by atoms with Crippen LogP contribution < -0.4 is 0 Å². The zero-order valence-electron chi connectivity index (χ0n) is 13.5. The summed E-state index contributed by atoms with van der Waals surface area (Å²) in [7, 11) is 0. The highest BCUT2D eigenvalue weighted by Gasteiger charge is 2.23. The average molecular weight is 320 g/mol. The molecule has 1 aliphatic heterocycles. The van der Waals surface area contributed by atoms with Gasteiger partial charge in [0.15, 0.2) is 0 Å². The van der Waals surface area contributed by atoms with Gasteiger partial charge in [-0.25, -0.2) is 0 Å². The predicted octanol–water partition coefficient (Wildman–Crippen LogP) is 2.74. The van der Waals surface area contributed by atoms with Crippen LogP contribution in [0.1, 0.15) is 30.6 Å². The summed E-state index contributed by atoms with van der Waals surface area (Å²) in [6.45, 7) is 6.54. The quantitative estimate of drug-likeness (QED) is 0.804. The lowest BCUT2D eigenvalue weighted by Gasteiger charge is -2.23. The Morgan fingerprint density at radius 3 is 2.18 bits per heavy atom. The number of benzene rings is 1. The second kappa shape index (κ2) is 7.68. The third-order valence-corrected chi connectivity index (χ3v) is 4.67. The van der Waals surface area contributed by atoms with Crippen molar-refractivity contribution in [1.82, 2.24) is 9.80 Å². The highest BCUT2D eigenvalue weighted by molar-refractivity contribution is 7.98. The predicted molar refractivity (Wildman–Crippen MR) is 90.2 cm³/mol. The highest BCUT2D eigenvalue weighted by atomic mass is 32.2. The molecule has 2 rings (SSSR count). The molecule has 0 aromatic heterocycles. The standard InChI is InChI=1S/C17H24N2O2S/c1-13(2)16(20)18-9-4-10-19(12-11-18)17(21)14-5-7-15(22-3)8-6-14/h5-8,13H,4,9-12H2,1-3H3. The maximum Gasteiger partial charge on any atom is 0.253 e. The Kier molecular flexibility index (Phi) is 5.89. The minimum atomic E-state index is 0.0151. The maximum absolute atomic E-state index is 12.6. The highest BCUT2D eigenvalue weighted by Crippen LogP contribution is 2.17. The first-order valence-corrected chi connectivity index (χ1v) is 8.97. The van der Waals surface area contributed by atoms with E-state index in [1.54, 1.807) is 11.8 Å². The molecule has 0 atom stereocenters. The van der Waals surface area contributed by atoms with Crippen LogP contribution in [0.25, 0.3) is 0 Å². The summed E-state index contributed by atoms with van der Waals surface area (Å²) < 4.78 is 0. The fourth-order valence-electron chi connectivity index (χ4n) is 2.62. The van der Waals surface area contributed by atoms with Crippen molar-refractivity contribution >= 4 is 23.6 Å². The number of carbonyl (C=O) groups is 2. The van der Waals surface area contributed by atoms with Gasteiger partial charge in [0.1, 0.15) is 0 Å². The maximum atomic E-state index is 12.6. The van der Waals surface area contributed by atoms with Crippen molar-refractivity contribution < 1.29 is 9.59 Å². The Hall–Kier alpha value is -1.49. The lowest BCUT2D eigenvalue weighted by molar-refractivity contribution is -0.134. The molecular formula is C17H24N2O2S. The fourth-order valence-corrected chi connectivity index (χ4v) is 3.03. The van der Waals surface area contributed by atoms with E-state index in [0.29, 0.717) is 19.6 Å². The van der Waals surface area contributed by atoms with Crippen LogP contribution in [-0.2, 0) is 4.79 Å². The van der Waals surface area contributed by atoms with E-state index in [4.69, 9.17) is 0 Å². The minimum Gasteiger partial charge on any atom is -0.341 e. The molecule has 1 aliphatic rings. The first kappa shape index (κ1) is 16.9. The van der Waals surface area contributed by atoms with Crippen LogP contribution in [0, 0.1) is 5.92 Å². The van der Waals surface area contributed by atoms with Crippen LogP contribution in [0.2, 0.25) is 0 Å². The van der Waals surface area contributed by atoms with E-state index in [9.17, 15) is 9.59 Å². The van der Waals surface area contributed by atoms with Crippen LogP contribution in [0.3, 0.4) is 0 Å². The Labute approximate surface area is 136 Å². The summed E-state index contributed by atoms with van der Waals surface area (Å²) in [6.07, 6.45) is 2.86. The van der Waals surface area contributed by atoms with E-state index in [-0.39, 0.29) is 17.7 Å². The van der Waals surface area contributed by atoms with Gasteiger partial charge in [0.2, 0.25) is 5.91 Å². The van der Waals surface area contributed by atoms with Crippen molar-refractivity contribution in [2.75, 3.05) is 32.4 Å². The van der Waals surface area contributed by atoms with Gasteiger partial charge in [0.05, 0.1) is 0 Å².